The van der Waals surface area contributed by atoms with Crippen molar-refractivity contribution in [1.82, 2.24) is 25.1 Å². The molecule has 0 saturated heterocycles. The molecule has 2 aromatic rings. The van der Waals surface area contributed by atoms with Crippen molar-refractivity contribution in [2.24, 2.45) is 5.73 Å². The molecule has 0 aromatic carbocycles. The van der Waals surface area contributed by atoms with Gasteiger partial charge < -0.3 is 15.4 Å². The lowest BCUT2D eigenvalue weighted by molar-refractivity contribution is 0.0689. The number of carboxylic acid groups (broad SMARTS) is 1. The Morgan fingerprint density at radius 2 is 2.25 bits per heavy atom. The van der Waals surface area contributed by atoms with E-state index in [-0.39, 0.29) is 18.2 Å². The maximum atomic E-state index is 11.0. The van der Waals surface area contributed by atoms with Gasteiger partial charge in [0.25, 0.3) is 0 Å². The zero-order valence-corrected chi connectivity index (χ0v) is 11.3. The molecule has 20 heavy (non-hydrogen) atoms. The Morgan fingerprint density at radius 1 is 1.50 bits per heavy atom. The summed E-state index contributed by atoms with van der Waals surface area (Å²) in [7, 11) is 0. The van der Waals surface area contributed by atoms with E-state index < -0.39 is 5.97 Å². The van der Waals surface area contributed by atoms with E-state index in [1.807, 2.05) is 13.8 Å². The fraction of sp³-hybridized carbons (Fsp3) is 0.545. The summed E-state index contributed by atoms with van der Waals surface area (Å²) in [5.74, 6) is -0.0257. The third-order valence-corrected chi connectivity index (χ3v) is 2.71. The van der Waals surface area contributed by atoms with Gasteiger partial charge in [0.1, 0.15) is 6.54 Å². The lowest BCUT2D eigenvalue weighted by atomic mass is 10.2. The van der Waals surface area contributed by atoms with Crippen molar-refractivity contribution in [3.8, 4) is 0 Å². The number of hydrogen-bond acceptors (Lipinski definition) is 7. The SMILES string of the molecule is CC(C)c1noc(Cn2nnc(C(=O)O)c2CCN)n1. The summed E-state index contributed by atoms with van der Waals surface area (Å²) in [6.45, 7) is 4.38. The van der Waals surface area contributed by atoms with Gasteiger partial charge >= 0.3 is 5.97 Å². The maximum Gasteiger partial charge on any atom is 0.358 e. The fourth-order valence-corrected chi connectivity index (χ4v) is 1.70. The zero-order chi connectivity index (χ0) is 14.7. The van der Waals surface area contributed by atoms with Crippen molar-refractivity contribution in [3.63, 3.8) is 0 Å². The number of rotatable bonds is 6. The van der Waals surface area contributed by atoms with Crippen molar-refractivity contribution in [1.29, 1.82) is 0 Å². The zero-order valence-electron chi connectivity index (χ0n) is 11.3. The van der Waals surface area contributed by atoms with Gasteiger partial charge in [-0.1, -0.05) is 24.2 Å². The second-order valence-corrected chi connectivity index (χ2v) is 4.59. The molecular weight excluding hydrogens is 264 g/mol. The second kappa shape index (κ2) is 5.78. The van der Waals surface area contributed by atoms with Gasteiger partial charge in [-0.25, -0.2) is 9.48 Å². The number of carbonyl (C=O) groups is 1. The predicted molar refractivity (Wildman–Crippen MR) is 67.2 cm³/mol. The van der Waals surface area contributed by atoms with Crippen LogP contribution in [0.4, 0.5) is 0 Å². The summed E-state index contributed by atoms with van der Waals surface area (Å²) in [4.78, 5) is 15.3. The Balaban J connectivity index is 2.25. The lowest BCUT2D eigenvalue weighted by Gasteiger charge is -2.02. The van der Waals surface area contributed by atoms with Crippen molar-refractivity contribution in [2.45, 2.75) is 32.7 Å². The second-order valence-electron chi connectivity index (χ2n) is 4.59. The molecule has 0 fully saturated rings. The Bertz CT molecular complexity index is 603. The van der Waals surface area contributed by atoms with Crippen LogP contribution in [0.3, 0.4) is 0 Å². The first-order valence-corrected chi connectivity index (χ1v) is 6.21. The molecule has 0 spiro atoms. The molecule has 0 aliphatic heterocycles. The van der Waals surface area contributed by atoms with Crippen LogP contribution in [-0.4, -0.2) is 42.8 Å². The quantitative estimate of drug-likeness (QED) is 0.757. The lowest BCUT2D eigenvalue weighted by Crippen LogP contribution is -2.14. The van der Waals surface area contributed by atoms with Crippen LogP contribution in [0.5, 0.6) is 0 Å². The van der Waals surface area contributed by atoms with Crippen LogP contribution in [0.1, 0.15) is 47.7 Å². The van der Waals surface area contributed by atoms with Crippen molar-refractivity contribution < 1.29 is 14.4 Å². The van der Waals surface area contributed by atoms with Crippen molar-refractivity contribution >= 4 is 5.97 Å². The molecular formula is C11H16N6O3. The molecule has 0 aliphatic rings. The smallest absolute Gasteiger partial charge is 0.358 e. The van der Waals surface area contributed by atoms with Gasteiger partial charge in [0.15, 0.2) is 11.5 Å². The average Bonchev–Trinajstić information content (AvgIpc) is 2.98. The fourth-order valence-electron chi connectivity index (χ4n) is 1.70. The minimum atomic E-state index is -1.13. The molecule has 0 aliphatic carbocycles. The van der Waals surface area contributed by atoms with E-state index in [0.29, 0.717) is 30.4 Å². The number of aromatic nitrogens is 5. The van der Waals surface area contributed by atoms with E-state index in [2.05, 4.69) is 20.5 Å². The molecule has 0 atom stereocenters. The topological polar surface area (TPSA) is 133 Å². The number of carboxylic acids is 1. The van der Waals surface area contributed by atoms with Crippen molar-refractivity contribution in [3.05, 3.63) is 23.1 Å². The van der Waals surface area contributed by atoms with E-state index in [4.69, 9.17) is 15.4 Å². The van der Waals surface area contributed by atoms with Gasteiger partial charge in [-0.2, -0.15) is 4.98 Å². The molecule has 3 N–H and O–H groups in total. The predicted octanol–water partition coefficient (Wildman–Crippen LogP) is 0.0322. The van der Waals surface area contributed by atoms with Crippen LogP contribution >= 0.6 is 0 Å². The van der Waals surface area contributed by atoms with Gasteiger partial charge in [0.05, 0.1) is 5.69 Å². The van der Waals surface area contributed by atoms with E-state index in [9.17, 15) is 4.79 Å². The van der Waals surface area contributed by atoms with Crippen LogP contribution in [0.25, 0.3) is 0 Å². The first-order chi connectivity index (χ1) is 9.52. The number of nitrogens with zero attached hydrogens (tertiary/aromatic N) is 5. The van der Waals surface area contributed by atoms with Gasteiger partial charge in [-0.05, 0) is 6.54 Å². The first kappa shape index (κ1) is 14.1. The molecule has 0 bridgehead atoms. The minimum Gasteiger partial charge on any atom is -0.476 e. The third-order valence-electron chi connectivity index (χ3n) is 2.71. The summed E-state index contributed by atoms with van der Waals surface area (Å²) >= 11 is 0. The highest BCUT2D eigenvalue weighted by Crippen LogP contribution is 2.12. The van der Waals surface area contributed by atoms with Gasteiger partial charge in [-0.3, -0.25) is 0 Å². The van der Waals surface area contributed by atoms with E-state index in [1.54, 1.807) is 0 Å². The first-order valence-electron chi connectivity index (χ1n) is 6.21. The molecule has 2 rings (SSSR count). The molecule has 9 nitrogen and oxygen atoms in total. The summed E-state index contributed by atoms with van der Waals surface area (Å²) in [6.07, 6.45) is 0.361. The van der Waals surface area contributed by atoms with Gasteiger partial charge in [0, 0.05) is 12.3 Å². The monoisotopic (exact) mass is 280 g/mol. The van der Waals surface area contributed by atoms with Gasteiger partial charge in [-0.15, -0.1) is 5.10 Å². The Kier molecular flexibility index (Phi) is 4.08. The molecule has 0 saturated carbocycles. The van der Waals surface area contributed by atoms with E-state index in [0.717, 1.165) is 0 Å². The number of hydrogen-bond donors (Lipinski definition) is 2. The van der Waals surface area contributed by atoms with Crippen molar-refractivity contribution in [2.75, 3.05) is 6.54 Å². The van der Waals surface area contributed by atoms with Crippen LogP contribution < -0.4 is 5.73 Å². The number of nitrogens with two attached hydrogens (primary N) is 1. The Labute approximate surface area is 114 Å². The average molecular weight is 280 g/mol. The molecule has 0 unspecified atom stereocenters. The molecule has 0 amide bonds. The molecule has 9 heteroatoms. The normalized spacial score (nSPS) is 11.2. The number of aromatic carboxylic acids is 1. The van der Waals surface area contributed by atoms with Crippen LogP contribution in [0.2, 0.25) is 0 Å². The molecule has 108 valence electrons. The van der Waals surface area contributed by atoms with Crippen LogP contribution in [0, 0.1) is 0 Å². The summed E-state index contributed by atoms with van der Waals surface area (Å²) in [5.41, 5.74) is 5.83. The largest absolute Gasteiger partial charge is 0.476 e. The highest BCUT2D eigenvalue weighted by atomic mass is 16.5. The van der Waals surface area contributed by atoms with E-state index in [1.165, 1.54) is 4.68 Å². The summed E-state index contributed by atoms with van der Waals surface area (Å²) < 4.78 is 6.53. The third kappa shape index (κ3) is 2.82. The summed E-state index contributed by atoms with van der Waals surface area (Å²) in [5, 5.41) is 20.3. The molecule has 2 heterocycles. The molecule has 2 aromatic heterocycles. The van der Waals surface area contributed by atoms with E-state index >= 15 is 0 Å². The summed E-state index contributed by atoms with van der Waals surface area (Å²) in [6, 6.07) is 0. The van der Waals surface area contributed by atoms with Gasteiger partial charge in [0.2, 0.25) is 5.89 Å². The standard InChI is InChI=1S/C11H16N6O3/c1-6(2)10-13-8(20-15-10)5-17-7(3-4-12)9(11(18)19)14-16-17/h6H,3-5,12H2,1-2H3,(H,18,19). The Hall–Kier alpha value is -2.29. The highest BCUT2D eigenvalue weighted by molar-refractivity contribution is 5.86. The molecule has 0 radical (unpaired) electrons. The maximum absolute atomic E-state index is 11.0. The minimum absolute atomic E-state index is 0.0981. The highest BCUT2D eigenvalue weighted by Gasteiger charge is 2.20. The Morgan fingerprint density at radius 3 is 2.80 bits per heavy atom. The van der Waals surface area contributed by atoms with Crippen LogP contribution in [0.15, 0.2) is 4.52 Å². The van der Waals surface area contributed by atoms with Crippen LogP contribution in [-0.2, 0) is 13.0 Å².